The first-order valence-electron chi connectivity index (χ1n) is 10.7. The van der Waals surface area contributed by atoms with Gasteiger partial charge in [-0.05, 0) is 48.2 Å². The van der Waals surface area contributed by atoms with E-state index in [1.807, 2.05) is 36.4 Å². The van der Waals surface area contributed by atoms with E-state index in [2.05, 4.69) is 21.2 Å². The Morgan fingerprint density at radius 1 is 1.12 bits per heavy atom. The molecule has 1 amide bonds. The molecule has 0 aliphatic heterocycles. The number of hydrogen-bond acceptors (Lipinski definition) is 4. The van der Waals surface area contributed by atoms with Gasteiger partial charge in [0.1, 0.15) is 24.1 Å². The van der Waals surface area contributed by atoms with Gasteiger partial charge in [-0.2, -0.15) is 5.26 Å². The molecule has 0 radical (unpaired) electrons. The second-order valence-electron chi connectivity index (χ2n) is 7.42. The predicted molar refractivity (Wildman–Crippen MR) is 133 cm³/mol. The molecule has 5 nitrogen and oxygen atoms in total. The van der Waals surface area contributed by atoms with Crippen LogP contribution in [0.4, 0.5) is 4.39 Å². The van der Waals surface area contributed by atoms with E-state index in [0.29, 0.717) is 33.6 Å². The molecule has 0 saturated carbocycles. The minimum Gasteiger partial charge on any atom is -0.493 e. The van der Waals surface area contributed by atoms with E-state index in [-0.39, 0.29) is 18.0 Å². The van der Waals surface area contributed by atoms with Crippen LogP contribution in [0.15, 0.2) is 76.8 Å². The first-order chi connectivity index (χ1) is 16.5. The minimum atomic E-state index is -0.443. The average molecular weight is 523 g/mol. The van der Waals surface area contributed by atoms with Crippen LogP contribution >= 0.6 is 15.9 Å². The Balaban J connectivity index is 1.66. The van der Waals surface area contributed by atoms with Gasteiger partial charge >= 0.3 is 0 Å². The molecular weight excluding hydrogens is 499 g/mol. The van der Waals surface area contributed by atoms with Crippen LogP contribution in [0.25, 0.3) is 6.08 Å². The SMILES string of the molecule is COc1cc(/C=C(/C#N)C(=O)NCCCc2ccccc2)c(Br)cc1OCc1ccccc1F. The summed E-state index contributed by atoms with van der Waals surface area (Å²) >= 11 is 3.45. The summed E-state index contributed by atoms with van der Waals surface area (Å²) in [5, 5.41) is 12.3. The molecule has 0 unspecified atom stereocenters. The molecular formula is C27H24BrFN2O3. The van der Waals surface area contributed by atoms with Gasteiger partial charge in [0.15, 0.2) is 11.5 Å². The summed E-state index contributed by atoms with van der Waals surface area (Å²) in [5.41, 5.74) is 2.16. The van der Waals surface area contributed by atoms with Crippen molar-refractivity contribution in [3.63, 3.8) is 0 Å². The minimum absolute atomic E-state index is 0.0255. The molecule has 0 saturated heterocycles. The van der Waals surface area contributed by atoms with E-state index >= 15 is 0 Å². The molecule has 0 bridgehead atoms. The third-order valence-electron chi connectivity index (χ3n) is 5.06. The molecule has 7 heteroatoms. The van der Waals surface area contributed by atoms with E-state index in [9.17, 15) is 14.4 Å². The topological polar surface area (TPSA) is 71.3 Å². The highest BCUT2D eigenvalue weighted by Crippen LogP contribution is 2.35. The quantitative estimate of drug-likeness (QED) is 0.206. The van der Waals surface area contributed by atoms with Gasteiger partial charge in [0.25, 0.3) is 5.91 Å². The molecule has 1 N–H and O–H groups in total. The van der Waals surface area contributed by atoms with Crippen LogP contribution in [-0.4, -0.2) is 19.6 Å². The lowest BCUT2D eigenvalue weighted by molar-refractivity contribution is -0.117. The van der Waals surface area contributed by atoms with Crippen molar-refractivity contribution >= 4 is 27.9 Å². The molecule has 0 spiro atoms. The molecule has 34 heavy (non-hydrogen) atoms. The summed E-state index contributed by atoms with van der Waals surface area (Å²) in [6.45, 7) is 0.486. The molecule has 0 heterocycles. The van der Waals surface area contributed by atoms with E-state index in [4.69, 9.17) is 9.47 Å². The molecule has 0 aliphatic rings. The van der Waals surface area contributed by atoms with E-state index < -0.39 is 5.91 Å². The predicted octanol–water partition coefficient (Wildman–Crippen LogP) is 5.83. The number of nitriles is 1. The molecule has 0 aromatic heterocycles. The van der Waals surface area contributed by atoms with Crippen LogP contribution < -0.4 is 14.8 Å². The van der Waals surface area contributed by atoms with Crippen LogP contribution in [0.5, 0.6) is 11.5 Å². The molecule has 174 valence electrons. The van der Waals surface area contributed by atoms with Gasteiger partial charge in [-0.3, -0.25) is 4.79 Å². The first kappa shape index (κ1) is 25.0. The summed E-state index contributed by atoms with van der Waals surface area (Å²) in [6.07, 6.45) is 3.09. The maximum atomic E-state index is 13.9. The molecule has 0 aliphatic carbocycles. The van der Waals surface area contributed by atoms with E-state index in [0.717, 1.165) is 12.8 Å². The van der Waals surface area contributed by atoms with Crippen molar-refractivity contribution in [2.75, 3.05) is 13.7 Å². The highest BCUT2D eigenvalue weighted by atomic mass is 79.9. The van der Waals surface area contributed by atoms with Crippen LogP contribution in [0, 0.1) is 17.1 Å². The van der Waals surface area contributed by atoms with Gasteiger partial charge in [0, 0.05) is 16.6 Å². The average Bonchev–Trinajstić information content (AvgIpc) is 2.86. The van der Waals surface area contributed by atoms with Crippen molar-refractivity contribution in [3.8, 4) is 17.6 Å². The lowest BCUT2D eigenvalue weighted by atomic mass is 10.1. The number of benzene rings is 3. The first-order valence-corrected chi connectivity index (χ1v) is 11.5. The Hall–Kier alpha value is -3.63. The zero-order valence-corrected chi connectivity index (χ0v) is 20.3. The monoisotopic (exact) mass is 522 g/mol. The van der Waals surface area contributed by atoms with E-state index in [1.54, 1.807) is 30.3 Å². The Morgan fingerprint density at radius 2 is 1.85 bits per heavy atom. The summed E-state index contributed by atoms with van der Waals surface area (Å²) < 4.78 is 25.6. The van der Waals surface area contributed by atoms with Gasteiger partial charge in [-0.15, -0.1) is 0 Å². The number of carbonyl (C=O) groups is 1. The van der Waals surface area contributed by atoms with Gasteiger partial charge in [-0.1, -0.05) is 64.5 Å². The number of aryl methyl sites for hydroxylation is 1. The van der Waals surface area contributed by atoms with Gasteiger partial charge in [0.2, 0.25) is 0 Å². The fraction of sp³-hybridized carbons (Fsp3) is 0.185. The highest BCUT2D eigenvalue weighted by Gasteiger charge is 2.14. The maximum Gasteiger partial charge on any atom is 0.261 e. The zero-order valence-electron chi connectivity index (χ0n) is 18.7. The lowest BCUT2D eigenvalue weighted by Crippen LogP contribution is -2.25. The number of ether oxygens (including phenoxy) is 2. The fourth-order valence-electron chi connectivity index (χ4n) is 3.24. The molecule has 3 aromatic carbocycles. The normalized spacial score (nSPS) is 10.9. The standard InChI is InChI=1S/C27H24BrFN2O3/c1-33-25-15-21(23(28)16-26(25)34-18-20-11-5-6-12-24(20)29)14-22(17-30)27(32)31-13-7-10-19-8-3-2-4-9-19/h2-6,8-9,11-12,14-16H,7,10,13,18H2,1H3,(H,31,32)/b22-14-. The fourth-order valence-corrected chi connectivity index (χ4v) is 3.68. The number of nitrogens with zero attached hydrogens (tertiary/aromatic N) is 1. The van der Waals surface area contributed by atoms with Crippen molar-refractivity contribution in [3.05, 3.63) is 99.3 Å². The number of rotatable bonds is 10. The molecule has 3 rings (SSSR count). The zero-order chi connectivity index (χ0) is 24.3. The Bertz CT molecular complexity index is 1210. The summed E-state index contributed by atoms with van der Waals surface area (Å²) in [4.78, 5) is 12.5. The Labute approximate surface area is 207 Å². The van der Waals surface area contributed by atoms with Crippen molar-refractivity contribution < 1.29 is 18.7 Å². The number of amides is 1. The third-order valence-corrected chi connectivity index (χ3v) is 5.75. The second kappa shape index (κ2) is 12.6. The van der Waals surface area contributed by atoms with Crippen molar-refractivity contribution in [2.45, 2.75) is 19.4 Å². The Morgan fingerprint density at radius 3 is 2.56 bits per heavy atom. The van der Waals surface area contributed by atoms with E-state index in [1.165, 1.54) is 24.8 Å². The van der Waals surface area contributed by atoms with Crippen molar-refractivity contribution in [1.29, 1.82) is 5.26 Å². The summed E-state index contributed by atoms with van der Waals surface area (Å²) in [6, 6.07) is 21.6. The number of hydrogen-bond donors (Lipinski definition) is 1. The third kappa shape index (κ3) is 6.93. The number of halogens is 2. The van der Waals surface area contributed by atoms with Crippen LogP contribution in [0.2, 0.25) is 0 Å². The largest absolute Gasteiger partial charge is 0.493 e. The van der Waals surface area contributed by atoms with Gasteiger partial charge < -0.3 is 14.8 Å². The van der Waals surface area contributed by atoms with Gasteiger partial charge in [-0.25, -0.2) is 4.39 Å². The lowest BCUT2D eigenvalue weighted by Gasteiger charge is -2.13. The van der Waals surface area contributed by atoms with Crippen molar-refractivity contribution in [2.24, 2.45) is 0 Å². The van der Waals surface area contributed by atoms with Gasteiger partial charge in [0.05, 0.1) is 7.11 Å². The summed E-state index contributed by atoms with van der Waals surface area (Å²) in [7, 11) is 1.48. The number of methoxy groups -OCH3 is 1. The molecule has 0 fully saturated rings. The number of nitrogens with one attached hydrogen (secondary N) is 1. The maximum absolute atomic E-state index is 13.9. The highest BCUT2D eigenvalue weighted by molar-refractivity contribution is 9.10. The smallest absolute Gasteiger partial charge is 0.261 e. The van der Waals surface area contributed by atoms with Crippen molar-refractivity contribution in [1.82, 2.24) is 5.32 Å². The second-order valence-corrected chi connectivity index (χ2v) is 8.27. The van der Waals surface area contributed by atoms with Crippen LogP contribution in [0.3, 0.4) is 0 Å². The Kier molecular flexibility index (Phi) is 9.24. The summed E-state index contributed by atoms with van der Waals surface area (Å²) in [5.74, 6) is -0.000153. The van der Waals surface area contributed by atoms with Crippen LogP contribution in [0.1, 0.15) is 23.1 Å². The molecule has 0 atom stereocenters. The van der Waals surface area contributed by atoms with Crippen LogP contribution in [-0.2, 0) is 17.8 Å². The number of carbonyl (C=O) groups excluding carboxylic acids is 1. The molecule has 3 aromatic rings.